The van der Waals surface area contributed by atoms with Crippen molar-refractivity contribution >= 4 is 26.4 Å². The second kappa shape index (κ2) is 27.4. The van der Waals surface area contributed by atoms with Gasteiger partial charge in [-0.25, -0.2) is 0 Å². The van der Waals surface area contributed by atoms with Crippen LogP contribution in [0.4, 0.5) is 43.9 Å². The molecule has 15 nitrogen and oxygen atoms in total. The maximum absolute atomic E-state index is 13.8. The van der Waals surface area contributed by atoms with Gasteiger partial charge >= 0.3 is 50.8 Å². The molecular weight excluding hydrogens is 875 g/mol. The van der Waals surface area contributed by atoms with Crippen molar-refractivity contribution in [3.8, 4) is 0 Å². The highest BCUT2D eigenvalue weighted by atomic mass is 28.4. The Labute approximate surface area is 335 Å². The number of alkyl halides is 10. The molecule has 0 aliphatic heterocycles. The van der Waals surface area contributed by atoms with Gasteiger partial charge in [-0.3, -0.25) is 4.74 Å². The fraction of sp³-hybridized carbons (Fsp3) is 1.00. The van der Waals surface area contributed by atoms with Crippen molar-refractivity contribution in [1.82, 2.24) is 0 Å². The molecular formula is C30H58F10O15Si3. The minimum atomic E-state index is -6.96. The lowest BCUT2D eigenvalue weighted by atomic mass is 10.3. The summed E-state index contributed by atoms with van der Waals surface area (Å²) in [7, 11) is 3.94. The Bertz CT molecular complexity index is 1040. The van der Waals surface area contributed by atoms with Crippen molar-refractivity contribution in [1.29, 1.82) is 0 Å². The molecule has 28 heteroatoms. The van der Waals surface area contributed by atoms with Crippen LogP contribution < -0.4 is 0 Å². The molecule has 350 valence electrons. The summed E-state index contributed by atoms with van der Waals surface area (Å²) in [5, 5.41) is 0. The van der Waals surface area contributed by atoms with Crippen LogP contribution in [-0.4, -0.2) is 186 Å². The van der Waals surface area contributed by atoms with E-state index in [1.807, 2.05) is 0 Å². The quantitative estimate of drug-likeness (QED) is 0.0453. The van der Waals surface area contributed by atoms with Crippen LogP contribution in [0.25, 0.3) is 0 Å². The van der Waals surface area contributed by atoms with Crippen LogP contribution in [-0.2, 0) is 68.3 Å². The third-order valence-corrected chi connectivity index (χ3v) is 16.9. The number of ether oxygens (including phenoxy) is 6. The van der Waals surface area contributed by atoms with Gasteiger partial charge in [0.05, 0.1) is 33.0 Å². The highest BCUT2D eigenvalue weighted by Crippen LogP contribution is 2.48. The van der Waals surface area contributed by atoms with Gasteiger partial charge < -0.3 is 63.5 Å². The zero-order chi connectivity index (χ0) is 44.7. The van der Waals surface area contributed by atoms with Crippen LogP contribution in [0.2, 0.25) is 18.1 Å². The molecule has 0 aromatic rings. The van der Waals surface area contributed by atoms with Gasteiger partial charge in [-0.15, -0.1) is 0 Å². The predicted octanol–water partition coefficient (Wildman–Crippen LogP) is 5.35. The minimum Gasteiger partial charge on any atom is -0.379 e. The largest absolute Gasteiger partial charge is 0.500 e. The lowest BCUT2D eigenvalue weighted by Gasteiger charge is -2.31. The van der Waals surface area contributed by atoms with Crippen LogP contribution in [0, 0.1) is 0 Å². The SMILES string of the molecule is CO[Si](CCCOCC(COCC(COCC(OC(F)(F)C(F)(F)C(F)(F)F)C(F)(F)F)OCCC[Si](OC)(OC)OC)OCCC[Si](OC)(OC)OC)(OC)OC. The summed E-state index contributed by atoms with van der Waals surface area (Å²) in [5.41, 5.74) is 0. The Morgan fingerprint density at radius 2 is 0.724 bits per heavy atom. The summed E-state index contributed by atoms with van der Waals surface area (Å²) in [5.74, 6) is -6.96. The van der Waals surface area contributed by atoms with Crippen molar-refractivity contribution in [3.05, 3.63) is 0 Å². The van der Waals surface area contributed by atoms with E-state index in [0.29, 0.717) is 24.9 Å². The molecule has 0 heterocycles. The van der Waals surface area contributed by atoms with E-state index < -0.39 is 88.9 Å². The average Bonchev–Trinajstić information content (AvgIpc) is 3.18. The van der Waals surface area contributed by atoms with Gasteiger partial charge in [0.15, 0.2) is 6.10 Å². The Balaban J connectivity index is 5.87. The highest BCUT2D eigenvalue weighted by Gasteiger charge is 2.75. The number of halogens is 10. The Morgan fingerprint density at radius 3 is 1.03 bits per heavy atom. The molecule has 0 aromatic carbocycles. The standard InChI is InChI=1S/C30H58F10O15Si3/c1-41-56(42-2,43-3)16-10-13-50-19-24(53-14-11-17-57(44-4,45-5)46-6)20-51-21-25(54-15-12-18-58(47-7,48-8)49-9)22-52-23-26(27(31,32)33)55-30(39,40)28(34,35)29(36,37)38/h24-26H,10-23H2,1-9H3. The molecule has 0 amide bonds. The molecule has 0 bridgehead atoms. The molecule has 58 heavy (non-hydrogen) atoms. The van der Waals surface area contributed by atoms with Gasteiger partial charge in [-0.1, -0.05) is 0 Å². The summed E-state index contributed by atoms with van der Waals surface area (Å²) in [6.45, 7) is -3.12. The third kappa shape index (κ3) is 19.2. The van der Waals surface area contributed by atoms with E-state index in [9.17, 15) is 43.9 Å². The minimum absolute atomic E-state index is 0.00985. The first-order valence-electron chi connectivity index (χ1n) is 17.5. The molecule has 0 aliphatic carbocycles. The van der Waals surface area contributed by atoms with Crippen LogP contribution in [0.3, 0.4) is 0 Å². The van der Waals surface area contributed by atoms with Gasteiger partial charge in [-0.2, -0.15) is 43.9 Å². The molecule has 0 rings (SSSR count). The Hall–Kier alpha value is -0.649. The van der Waals surface area contributed by atoms with Crippen LogP contribution in [0.1, 0.15) is 19.3 Å². The summed E-state index contributed by atoms with van der Waals surface area (Å²) in [4.78, 5) is 0. The van der Waals surface area contributed by atoms with E-state index in [-0.39, 0.29) is 45.5 Å². The normalized spacial score (nSPS) is 15.6. The van der Waals surface area contributed by atoms with Crippen molar-refractivity contribution < 1.29 is 112 Å². The van der Waals surface area contributed by atoms with E-state index in [0.717, 1.165) is 0 Å². The van der Waals surface area contributed by atoms with Crippen molar-refractivity contribution in [2.45, 2.75) is 80.1 Å². The first kappa shape index (κ1) is 57.4. The van der Waals surface area contributed by atoms with Gasteiger partial charge in [0.2, 0.25) is 0 Å². The summed E-state index contributed by atoms with van der Waals surface area (Å²) in [6.07, 6.45) is -24.2. The molecule has 0 aliphatic rings. The monoisotopic (exact) mass is 932 g/mol. The maximum atomic E-state index is 13.8. The van der Waals surface area contributed by atoms with E-state index in [1.165, 1.54) is 64.0 Å². The molecule has 0 saturated carbocycles. The van der Waals surface area contributed by atoms with Gasteiger partial charge in [0.25, 0.3) is 0 Å². The zero-order valence-electron chi connectivity index (χ0n) is 34.0. The van der Waals surface area contributed by atoms with E-state index >= 15 is 0 Å². The highest BCUT2D eigenvalue weighted by molar-refractivity contribution is 6.61. The lowest BCUT2D eigenvalue weighted by Crippen LogP contribution is -2.56. The summed E-state index contributed by atoms with van der Waals surface area (Å²) in [6, 6.07) is 1.03. The summed E-state index contributed by atoms with van der Waals surface area (Å²) >= 11 is 0. The van der Waals surface area contributed by atoms with Crippen molar-refractivity contribution in [2.75, 3.05) is 117 Å². The van der Waals surface area contributed by atoms with Crippen molar-refractivity contribution in [2.24, 2.45) is 0 Å². The van der Waals surface area contributed by atoms with E-state index in [2.05, 4.69) is 4.74 Å². The Morgan fingerprint density at radius 1 is 0.414 bits per heavy atom. The van der Waals surface area contributed by atoms with Crippen LogP contribution >= 0.6 is 0 Å². The molecule has 0 N–H and O–H groups in total. The van der Waals surface area contributed by atoms with E-state index in [4.69, 9.17) is 63.5 Å². The maximum Gasteiger partial charge on any atom is 0.500 e. The fourth-order valence-corrected chi connectivity index (χ4v) is 9.96. The topological polar surface area (TPSA) is 138 Å². The summed E-state index contributed by atoms with van der Waals surface area (Å²) < 4.78 is 212. The average molecular weight is 933 g/mol. The van der Waals surface area contributed by atoms with Gasteiger partial charge in [-0.05, 0) is 19.3 Å². The number of hydrogen-bond donors (Lipinski definition) is 0. The first-order valence-corrected chi connectivity index (χ1v) is 23.3. The molecule has 0 fully saturated rings. The zero-order valence-corrected chi connectivity index (χ0v) is 37.0. The number of rotatable bonds is 36. The molecule has 0 spiro atoms. The van der Waals surface area contributed by atoms with Gasteiger partial charge in [0.1, 0.15) is 12.2 Å². The predicted molar refractivity (Wildman–Crippen MR) is 187 cm³/mol. The number of hydrogen-bond acceptors (Lipinski definition) is 15. The van der Waals surface area contributed by atoms with Crippen LogP contribution in [0.5, 0.6) is 0 Å². The molecule has 3 unspecified atom stereocenters. The smallest absolute Gasteiger partial charge is 0.379 e. The van der Waals surface area contributed by atoms with Crippen molar-refractivity contribution in [3.63, 3.8) is 0 Å². The molecule has 0 radical (unpaired) electrons. The van der Waals surface area contributed by atoms with E-state index in [1.54, 1.807) is 0 Å². The lowest BCUT2D eigenvalue weighted by molar-refractivity contribution is -0.447. The second-order valence-corrected chi connectivity index (χ2v) is 21.3. The third-order valence-electron chi connectivity index (χ3n) is 8.39. The second-order valence-electron chi connectivity index (χ2n) is 12.1. The first-order chi connectivity index (χ1) is 27.0. The fourth-order valence-electron chi connectivity index (χ4n) is 4.89. The Kier molecular flexibility index (Phi) is 27.1. The molecule has 0 aromatic heterocycles. The molecule has 0 saturated heterocycles. The van der Waals surface area contributed by atoms with Crippen LogP contribution in [0.15, 0.2) is 0 Å². The van der Waals surface area contributed by atoms with Gasteiger partial charge in [0, 0.05) is 102 Å². The molecule has 3 atom stereocenters.